The summed E-state index contributed by atoms with van der Waals surface area (Å²) in [5, 5.41) is 1.82. The van der Waals surface area contributed by atoms with Crippen LogP contribution in [0.15, 0.2) is 70.1 Å². The van der Waals surface area contributed by atoms with Gasteiger partial charge in [0.15, 0.2) is 7.14 Å². The van der Waals surface area contributed by atoms with E-state index in [4.69, 9.17) is 0 Å². The van der Waals surface area contributed by atoms with Crippen LogP contribution in [0.3, 0.4) is 0 Å². The Hall–Kier alpha value is -0.860. The van der Waals surface area contributed by atoms with Crippen molar-refractivity contribution < 1.29 is 4.57 Å². The lowest BCUT2D eigenvalue weighted by molar-refractivity contribution is 0.592. The molecule has 0 spiro atoms. The lowest BCUT2D eigenvalue weighted by Crippen LogP contribution is -2.14. The van der Waals surface area contributed by atoms with Crippen LogP contribution in [0.1, 0.15) is 39.0 Å². The fourth-order valence-electron chi connectivity index (χ4n) is 2.58. The van der Waals surface area contributed by atoms with E-state index in [2.05, 4.69) is 29.5 Å². The van der Waals surface area contributed by atoms with Crippen LogP contribution in [0.25, 0.3) is 0 Å². The molecule has 0 aliphatic heterocycles. The van der Waals surface area contributed by atoms with Crippen molar-refractivity contribution in [3.05, 3.63) is 70.1 Å². The predicted octanol–water partition coefficient (Wildman–Crippen LogP) is 6.25. The standard InChI is InChI=1S/C20H24IOP/c1-2-3-4-7-12-18(21)17-23(22,19-13-8-5-9-14-19)20-15-10-6-11-16-20/h5-6,8-11,13-17H,2-4,7,12H2,1H3/b18-17-. The van der Waals surface area contributed by atoms with Gasteiger partial charge in [0.05, 0.1) is 0 Å². The third-order valence-electron chi connectivity index (χ3n) is 3.87. The van der Waals surface area contributed by atoms with Crippen LogP contribution in [-0.4, -0.2) is 0 Å². The summed E-state index contributed by atoms with van der Waals surface area (Å²) in [6.07, 6.45) is 5.96. The highest BCUT2D eigenvalue weighted by Gasteiger charge is 2.24. The van der Waals surface area contributed by atoms with Crippen LogP contribution < -0.4 is 10.6 Å². The molecular weight excluding hydrogens is 414 g/mol. The first kappa shape index (κ1) is 18.5. The molecule has 2 aromatic carbocycles. The fourth-order valence-corrected chi connectivity index (χ4v) is 6.49. The third kappa shape index (κ3) is 5.32. The van der Waals surface area contributed by atoms with Crippen molar-refractivity contribution in [1.82, 2.24) is 0 Å². The molecule has 0 saturated heterocycles. The number of halogens is 1. The van der Waals surface area contributed by atoms with Crippen LogP contribution in [0.2, 0.25) is 0 Å². The molecule has 0 aliphatic rings. The van der Waals surface area contributed by atoms with E-state index in [1.807, 2.05) is 66.5 Å². The van der Waals surface area contributed by atoms with Crippen LogP contribution >= 0.6 is 29.7 Å². The van der Waals surface area contributed by atoms with Crippen molar-refractivity contribution in [2.75, 3.05) is 0 Å². The summed E-state index contributed by atoms with van der Waals surface area (Å²) < 4.78 is 15.0. The van der Waals surface area contributed by atoms with Gasteiger partial charge in [0.25, 0.3) is 0 Å². The average Bonchev–Trinajstić information content (AvgIpc) is 2.60. The number of hydrogen-bond donors (Lipinski definition) is 0. The molecule has 23 heavy (non-hydrogen) atoms. The highest BCUT2D eigenvalue weighted by molar-refractivity contribution is 14.1. The summed E-state index contributed by atoms with van der Waals surface area (Å²) in [6.45, 7) is 2.22. The molecule has 0 bridgehead atoms. The topological polar surface area (TPSA) is 17.1 Å². The molecule has 0 fully saturated rings. The minimum absolute atomic E-state index is 0.911. The molecule has 0 radical (unpaired) electrons. The van der Waals surface area contributed by atoms with Crippen molar-refractivity contribution in [3.63, 3.8) is 0 Å². The zero-order valence-electron chi connectivity index (χ0n) is 13.6. The molecule has 0 aromatic heterocycles. The fraction of sp³-hybridized carbons (Fsp3) is 0.300. The molecule has 3 heteroatoms. The van der Waals surface area contributed by atoms with E-state index in [0.717, 1.165) is 17.0 Å². The van der Waals surface area contributed by atoms with E-state index in [9.17, 15) is 4.57 Å². The van der Waals surface area contributed by atoms with E-state index < -0.39 is 7.14 Å². The number of allylic oxidation sites excluding steroid dienone is 1. The molecule has 0 atom stereocenters. The van der Waals surface area contributed by atoms with Crippen molar-refractivity contribution >= 4 is 40.3 Å². The van der Waals surface area contributed by atoms with E-state index in [1.54, 1.807) is 0 Å². The number of unbranched alkanes of at least 4 members (excludes halogenated alkanes) is 3. The zero-order chi connectivity index (χ0) is 16.5. The Labute approximate surface area is 153 Å². The first-order valence-electron chi connectivity index (χ1n) is 8.25. The van der Waals surface area contributed by atoms with E-state index in [0.29, 0.717) is 0 Å². The highest BCUT2D eigenvalue weighted by Crippen LogP contribution is 2.47. The first-order chi connectivity index (χ1) is 11.2. The van der Waals surface area contributed by atoms with E-state index in [1.165, 1.54) is 29.3 Å². The summed E-state index contributed by atoms with van der Waals surface area (Å²) in [5.74, 6) is 2.02. The average molecular weight is 438 g/mol. The Balaban J connectivity index is 2.30. The van der Waals surface area contributed by atoms with Crippen LogP contribution in [-0.2, 0) is 4.57 Å². The van der Waals surface area contributed by atoms with Gasteiger partial charge in [-0.25, -0.2) is 0 Å². The van der Waals surface area contributed by atoms with Crippen molar-refractivity contribution in [1.29, 1.82) is 0 Å². The van der Waals surface area contributed by atoms with E-state index in [-0.39, 0.29) is 0 Å². The van der Waals surface area contributed by atoms with E-state index >= 15 is 0 Å². The molecule has 0 amide bonds. The summed E-state index contributed by atoms with van der Waals surface area (Å²) in [7, 11) is -2.71. The molecule has 0 aliphatic carbocycles. The van der Waals surface area contributed by atoms with Crippen molar-refractivity contribution in [2.24, 2.45) is 0 Å². The largest absolute Gasteiger partial charge is 0.309 e. The Bertz CT molecular complexity index is 621. The van der Waals surface area contributed by atoms with Gasteiger partial charge in [-0.1, -0.05) is 86.8 Å². The molecule has 0 unspecified atom stereocenters. The lowest BCUT2D eigenvalue weighted by Gasteiger charge is -2.16. The smallest absolute Gasteiger partial charge is 0.164 e. The maximum Gasteiger partial charge on any atom is 0.164 e. The second-order valence-corrected chi connectivity index (χ2v) is 9.71. The van der Waals surface area contributed by atoms with Gasteiger partial charge in [-0.05, 0) is 44.8 Å². The van der Waals surface area contributed by atoms with Gasteiger partial charge in [0.2, 0.25) is 0 Å². The minimum atomic E-state index is -2.71. The van der Waals surface area contributed by atoms with Gasteiger partial charge >= 0.3 is 0 Å². The quantitative estimate of drug-likeness (QED) is 0.271. The van der Waals surface area contributed by atoms with Crippen LogP contribution in [0, 0.1) is 0 Å². The Kier molecular flexibility index (Phi) is 7.58. The maximum atomic E-state index is 13.8. The summed E-state index contributed by atoms with van der Waals surface area (Å²) >= 11 is 2.36. The molecule has 2 aromatic rings. The highest BCUT2D eigenvalue weighted by atomic mass is 127. The monoisotopic (exact) mass is 438 g/mol. The van der Waals surface area contributed by atoms with Gasteiger partial charge in [0.1, 0.15) is 0 Å². The summed E-state index contributed by atoms with van der Waals surface area (Å²) in [5.41, 5.74) is 0. The Morgan fingerprint density at radius 1 is 0.913 bits per heavy atom. The maximum absolute atomic E-state index is 13.8. The number of hydrogen-bond acceptors (Lipinski definition) is 1. The van der Waals surface area contributed by atoms with Crippen molar-refractivity contribution in [2.45, 2.75) is 39.0 Å². The zero-order valence-corrected chi connectivity index (χ0v) is 16.7. The second-order valence-electron chi connectivity index (χ2n) is 5.72. The third-order valence-corrected chi connectivity index (χ3v) is 8.02. The predicted molar refractivity (Wildman–Crippen MR) is 111 cm³/mol. The van der Waals surface area contributed by atoms with Gasteiger partial charge < -0.3 is 4.57 Å². The normalized spacial score (nSPS) is 12.3. The van der Waals surface area contributed by atoms with Gasteiger partial charge in [-0.3, -0.25) is 0 Å². The molecule has 122 valence electrons. The Morgan fingerprint density at radius 2 is 1.43 bits per heavy atom. The second kappa shape index (κ2) is 9.44. The van der Waals surface area contributed by atoms with Crippen LogP contribution in [0.5, 0.6) is 0 Å². The van der Waals surface area contributed by atoms with Gasteiger partial charge in [-0.2, -0.15) is 0 Å². The SMILES string of the molecule is CCCCCC/C(I)=C/P(=O)(c1ccccc1)c1ccccc1. The summed E-state index contributed by atoms with van der Waals surface area (Å²) in [4.78, 5) is 0. The van der Waals surface area contributed by atoms with Crippen LogP contribution in [0.4, 0.5) is 0 Å². The molecule has 0 heterocycles. The molecular formula is C20H24IOP. The van der Waals surface area contributed by atoms with Crippen molar-refractivity contribution in [3.8, 4) is 0 Å². The number of benzene rings is 2. The molecule has 0 saturated carbocycles. The Morgan fingerprint density at radius 3 is 1.91 bits per heavy atom. The lowest BCUT2D eigenvalue weighted by atomic mass is 10.2. The molecule has 0 N–H and O–H groups in total. The van der Waals surface area contributed by atoms with Gasteiger partial charge in [-0.15, -0.1) is 0 Å². The molecule has 1 nitrogen and oxygen atoms in total. The first-order valence-corrected chi connectivity index (χ1v) is 11.1. The molecule has 2 rings (SSSR count). The number of rotatable bonds is 8. The minimum Gasteiger partial charge on any atom is -0.309 e. The summed E-state index contributed by atoms with van der Waals surface area (Å²) in [6, 6.07) is 19.7. The van der Waals surface area contributed by atoms with Gasteiger partial charge in [0, 0.05) is 10.6 Å².